The van der Waals surface area contributed by atoms with E-state index in [-0.39, 0.29) is 17.9 Å². The highest BCUT2D eigenvalue weighted by Gasteiger charge is 2.46. The molecule has 0 bridgehead atoms. The molecule has 196 valence electrons. The monoisotopic (exact) mass is 539 g/mol. The molecule has 2 amide bonds. The molecule has 1 heterocycles. The molecule has 0 aromatic heterocycles. The summed E-state index contributed by atoms with van der Waals surface area (Å²) >= 11 is 5.80. The lowest BCUT2D eigenvalue weighted by Gasteiger charge is -2.31. The molecule has 1 unspecified atom stereocenters. The van der Waals surface area contributed by atoms with Crippen LogP contribution in [0.3, 0.4) is 0 Å². The minimum atomic E-state index is -5.13. The van der Waals surface area contributed by atoms with Crippen molar-refractivity contribution in [3.63, 3.8) is 0 Å². The van der Waals surface area contributed by atoms with Crippen LogP contribution in [0.2, 0.25) is 5.02 Å². The number of ketones is 1. The lowest BCUT2D eigenvalue weighted by atomic mass is 9.98. The van der Waals surface area contributed by atoms with Crippen molar-refractivity contribution in [1.29, 1.82) is 0 Å². The summed E-state index contributed by atoms with van der Waals surface area (Å²) in [6.45, 7) is 6.09. The first kappa shape index (κ1) is 29.1. The molecule has 13 heteroatoms. The number of carbonyl (C=O) groups is 3. The predicted molar refractivity (Wildman–Crippen MR) is 123 cm³/mol. The molecule has 0 aliphatic carbocycles. The van der Waals surface area contributed by atoms with Crippen molar-refractivity contribution in [2.75, 3.05) is 6.54 Å². The van der Waals surface area contributed by atoms with E-state index in [0.29, 0.717) is 11.4 Å². The highest BCUT2D eigenvalue weighted by atomic mass is 35.5. The summed E-state index contributed by atoms with van der Waals surface area (Å²) in [5.41, 5.74) is 0. The largest absolute Gasteiger partial charge is 0.452 e. The normalized spacial score (nSPS) is 18.6. The number of benzene rings is 1. The van der Waals surface area contributed by atoms with Gasteiger partial charge < -0.3 is 10.2 Å². The third kappa shape index (κ3) is 7.17. The number of halogens is 4. The minimum Gasteiger partial charge on any atom is -0.344 e. The summed E-state index contributed by atoms with van der Waals surface area (Å²) in [5, 5.41) is 2.47. The Balaban J connectivity index is 2.24. The summed E-state index contributed by atoms with van der Waals surface area (Å²) in [5.74, 6) is -5.00. The number of hydrogen-bond acceptors (Lipinski definition) is 5. The second kappa shape index (κ2) is 11.3. The quantitative estimate of drug-likeness (QED) is 0.501. The molecule has 3 atom stereocenters. The second-order valence-corrected chi connectivity index (χ2v) is 11.2. The molecule has 1 aliphatic heterocycles. The van der Waals surface area contributed by atoms with Crippen molar-refractivity contribution in [1.82, 2.24) is 14.9 Å². The highest BCUT2D eigenvalue weighted by Crippen LogP contribution is 2.24. The Bertz CT molecular complexity index is 1050. The summed E-state index contributed by atoms with van der Waals surface area (Å²) < 4.78 is 66.9. The number of carbonyl (C=O) groups excluding carboxylic acids is 3. The average molecular weight is 540 g/mol. The summed E-state index contributed by atoms with van der Waals surface area (Å²) in [4.78, 5) is 39.0. The number of Topliss-reactive ketones (excluding diaryl/α,β-unsaturated/α-hetero) is 1. The third-order valence-electron chi connectivity index (χ3n) is 5.70. The van der Waals surface area contributed by atoms with Gasteiger partial charge in [0.15, 0.2) is 0 Å². The number of nitrogens with one attached hydrogen (secondary N) is 2. The van der Waals surface area contributed by atoms with Crippen LogP contribution in [-0.4, -0.2) is 61.8 Å². The number of likely N-dealkylation sites (tertiary alicyclic amines) is 1. The minimum absolute atomic E-state index is 0.110. The van der Waals surface area contributed by atoms with E-state index < -0.39 is 63.8 Å². The van der Waals surface area contributed by atoms with Gasteiger partial charge in [-0.3, -0.25) is 14.4 Å². The molecule has 2 N–H and O–H groups in total. The molecule has 0 saturated carbocycles. The highest BCUT2D eigenvalue weighted by molar-refractivity contribution is 7.89. The zero-order valence-corrected chi connectivity index (χ0v) is 21.3. The Hall–Kier alpha value is -2.18. The van der Waals surface area contributed by atoms with Crippen molar-refractivity contribution in [3.05, 3.63) is 29.3 Å². The van der Waals surface area contributed by atoms with Gasteiger partial charge in [-0.05, 0) is 48.9 Å². The molecule has 1 aliphatic rings. The average Bonchev–Trinajstić information content (AvgIpc) is 3.24. The Labute approximate surface area is 207 Å². The van der Waals surface area contributed by atoms with Gasteiger partial charge in [0.05, 0.1) is 10.9 Å². The maximum atomic E-state index is 13.3. The third-order valence-corrected chi connectivity index (χ3v) is 7.41. The summed E-state index contributed by atoms with van der Waals surface area (Å²) in [6, 6.07) is 1.16. The number of hydrogen-bond donors (Lipinski definition) is 2. The van der Waals surface area contributed by atoms with E-state index in [4.69, 9.17) is 11.6 Å². The lowest BCUT2D eigenvalue weighted by Crippen LogP contribution is -2.58. The van der Waals surface area contributed by atoms with Crippen LogP contribution in [0.5, 0.6) is 0 Å². The van der Waals surface area contributed by atoms with Crippen LogP contribution in [0.25, 0.3) is 0 Å². The topological polar surface area (TPSA) is 113 Å². The maximum Gasteiger partial charge on any atom is 0.452 e. The molecule has 0 radical (unpaired) electrons. The van der Waals surface area contributed by atoms with Crippen LogP contribution in [0.15, 0.2) is 29.2 Å². The summed E-state index contributed by atoms with van der Waals surface area (Å²) in [7, 11) is -4.12. The lowest BCUT2D eigenvalue weighted by molar-refractivity contribution is -0.175. The van der Waals surface area contributed by atoms with Crippen molar-refractivity contribution < 1.29 is 36.0 Å². The van der Waals surface area contributed by atoms with Gasteiger partial charge in [0.1, 0.15) is 12.1 Å². The molecular weight excluding hydrogens is 511 g/mol. The number of amides is 2. The fraction of sp³-hybridized carbons (Fsp3) is 0.591. The zero-order valence-electron chi connectivity index (χ0n) is 19.7. The number of sulfonamides is 1. The molecule has 1 aromatic carbocycles. The van der Waals surface area contributed by atoms with E-state index in [1.807, 2.05) is 0 Å². The smallest absolute Gasteiger partial charge is 0.344 e. The summed E-state index contributed by atoms with van der Waals surface area (Å²) in [6.07, 6.45) is -4.58. The van der Waals surface area contributed by atoms with Gasteiger partial charge in [-0.25, -0.2) is 8.42 Å². The first-order valence-electron chi connectivity index (χ1n) is 11.1. The van der Waals surface area contributed by atoms with Gasteiger partial charge in [-0.2, -0.15) is 17.9 Å². The van der Waals surface area contributed by atoms with Crippen molar-refractivity contribution in [2.45, 2.75) is 69.7 Å². The Morgan fingerprint density at radius 2 is 1.57 bits per heavy atom. The van der Waals surface area contributed by atoms with Crippen LogP contribution in [0, 0.1) is 11.8 Å². The van der Waals surface area contributed by atoms with Crippen molar-refractivity contribution in [3.8, 4) is 0 Å². The van der Waals surface area contributed by atoms with Crippen LogP contribution in [-0.2, 0) is 24.4 Å². The first-order chi connectivity index (χ1) is 16.1. The van der Waals surface area contributed by atoms with Crippen LogP contribution in [0.4, 0.5) is 13.2 Å². The van der Waals surface area contributed by atoms with Gasteiger partial charge in [-0.1, -0.05) is 39.3 Å². The van der Waals surface area contributed by atoms with Gasteiger partial charge >= 0.3 is 6.18 Å². The first-order valence-corrected chi connectivity index (χ1v) is 12.9. The number of alkyl halides is 3. The fourth-order valence-corrected chi connectivity index (χ4v) is 5.23. The van der Waals surface area contributed by atoms with E-state index in [9.17, 15) is 36.0 Å². The maximum absolute atomic E-state index is 13.3. The molecule has 8 nitrogen and oxygen atoms in total. The van der Waals surface area contributed by atoms with Crippen molar-refractivity contribution in [2.24, 2.45) is 11.8 Å². The van der Waals surface area contributed by atoms with Crippen LogP contribution < -0.4 is 10.0 Å². The van der Waals surface area contributed by atoms with E-state index in [2.05, 4.69) is 10.0 Å². The Kier molecular flexibility index (Phi) is 9.34. The van der Waals surface area contributed by atoms with Gasteiger partial charge in [-0.15, -0.1) is 0 Å². The Morgan fingerprint density at radius 3 is 2.06 bits per heavy atom. The van der Waals surface area contributed by atoms with Gasteiger partial charge in [0, 0.05) is 11.6 Å². The molecule has 1 fully saturated rings. The molecule has 1 saturated heterocycles. The van der Waals surface area contributed by atoms with E-state index >= 15 is 0 Å². The van der Waals surface area contributed by atoms with E-state index in [1.54, 1.807) is 13.8 Å². The Morgan fingerprint density at radius 1 is 1.03 bits per heavy atom. The van der Waals surface area contributed by atoms with Crippen LogP contribution >= 0.6 is 11.6 Å². The number of rotatable bonds is 9. The van der Waals surface area contributed by atoms with Gasteiger partial charge in [0.2, 0.25) is 21.8 Å². The SMILES string of the molecule is CC(C)C(NC(=O)[C@@H]1CCCN1C(=O)[C@@H](NS(=O)(=O)c1ccc(Cl)cc1)C(C)C)C(=O)C(F)(F)F. The second-order valence-electron chi connectivity index (χ2n) is 9.08. The zero-order chi connectivity index (χ0) is 26.7. The molecular formula is C22H29ClF3N3O5S. The fourth-order valence-electron chi connectivity index (χ4n) is 3.76. The standard InChI is InChI=1S/C22H29ClF3N3O5S/c1-12(2)17(19(30)22(24,25)26)27-20(31)16-6-5-11-29(16)21(32)18(13(3)4)28-35(33,34)15-9-7-14(23)8-10-15/h7-10,12-13,16-18,28H,5-6,11H2,1-4H3,(H,27,31)/t16-,17?,18-/m0/s1. The van der Waals surface area contributed by atoms with Crippen molar-refractivity contribution >= 4 is 39.2 Å². The van der Waals surface area contributed by atoms with Crippen LogP contribution in [0.1, 0.15) is 40.5 Å². The molecule has 1 aromatic rings. The molecule has 0 spiro atoms. The predicted octanol–water partition coefficient (Wildman–Crippen LogP) is 2.91. The number of nitrogens with zero attached hydrogens (tertiary/aromatic N) is 1. The van der Waals surface area contributed by atoms with Gasteiger partial charge in [0.25, 0.3) is 5.78 Å². The van der Waals surface area contributed by atoms with E-state index in [0.717, 1.165) is 4.90 Å². The molecule has 35 heavy (non-hydrogen) atoms. The molecule has 2 rings (SSSR count). The van der Waals surface area contributed by atoms with E-state index in [1.165, 1.54) is 38.1 Å².